The third-order valence-corrected chi connectivity index (χ3v) is 14.3. The van der Waals surface area contributed by atoms with E-state index in [0.717, 1.165) is 75.1 Å². The van der Waals surface area contributed by atoms with Crippen LogP contribution in [0.1, 0.15) is 85.7 Å². The molecule has 1 unspecified atom stereocenters. The Kier molecular flexibility index (Phi) is 14.1. The first kappa shape index (κ1) is 42.7. The summed E-state index contributed by atoms with van der Waals surface area (Å²) in [5.41, 5.74) is 3.05. The van der Waals surface area contributed by atoms with Crippen LogP contribution in [0.2, 0.25) is 0 Å². The number of likely N-dealkylation sites (tertiary alicyclic amines) is 1. The highest BCUT2D eigenvalue weighted by molar-refractivity contribution is 7.90. The largest absolute Gasteiger partial charge is 0.469 e. The van der Waals surface area contributed by atoms with Crippen LogP contribution in [0.5, 0.6) is 0 Å². The predicted octanol–water partition coefficient (Wildman–Crippen LogP) is 2.63. The molecule has 1 amide bonds. The second kappa shape index (κ2) is 17.8. The molecule has 3 saturated heterocycles. The van der Waals surface area contributed by atoms with Gasteiger partial charge in [0, 0.05) is 63.4 Å². The number of aliphatic hydroxyl groups is 2. The number of phosphoric ester groups is 1. The van der Waals surface area contributed by atoms with Gasteiger partial charge < -0.3 is 24.9 Å². The van der Waals surface area contributed by atoms with Crippen LogP contribution >= 0.6 is 7.82 Å². The maximum absolute atomic E-state index is 14.5. The lowest BCUT2D eigenvalue weighted by Gasteiger charge is -2.54. The number of rotatable bonds is 11. The molecule has 2 aromatic rings. The number of hydrogen-bond acceptors (Lipinski definition) is 11. The lowest BCUT2D eigenvalue weighted by molar-refractivity contribution is -0.0422. The summed E-state index contributed by atoms with van der Waals surface area (Å²) in [6.07, 6.45) is 5.20. The number of carbonyl (C=O) groups is 1. The van der Waals surface area contributed by atoms with Gasteiger partial charge in [-0.05, 0) is 89.8 Å². The van der Waals surface area contributed by atoms with Gasteiger partial charge in [0.15, 0.2) is 0 Å². The van der Waals surface area contributed by atoms with E-state index in [2.05, 4.69) is 38.1 Å². The molecule has 15 nitrogen and oxygen atoms in total. The van der Waals surface area contributed by atoms with Crippen LogP contribution < -0.4 is 0 Å². The van der Waals surface area contributed by atoms with Crippen LogP contribution in [-0.4, -0.2) is 145 Å². The summed E-state index contributed by atoms with van der Waals surface area (Å²) in [5.74, 6) is 0.0544. The van der Waals surface area contributed by atoms with Gasteiger partial charge >= 0.3 is 7.82 Å². The number of hydrogen-bond donors (Lipinski definition) is 4. The molecule has 0 bridgehead atoms. The van der Waals surface area contributed by atoms with Crippen LogP contribution in [0.15, 0.2) is 30.6 Å². The van der Waals surface area contributed by atoms with Crippen molar-refractivity contribution in [1.29, 1.82) is 0 Å². The minimum atomic E-state index is -4.50. The monoisotopic (exact) mass is 798 g/mol. The molecule has 3 aliphatic heterocycles. The Balaban J connectivity index is 0.000000493. The fourth-order valence-electron chi connectivity index (χ4n) is 8.13. The Bertz CT molecular complexity index is 1730. The third-order valence-electron chi connectivity index (χ3n) is 11.5. The van der Waals surface area contributed by atoms with Gasteiger partial charge in [0.2, 0.25) is 10.0 Å². The molecule has 4 aliphatic rings. The summed E-state index contributed by atoms with van der Waals surface area (Å²) in [6, 6.07) is 7.29. The van der Waals surface area contributed by atoms with E-state index < -0.39 is 37.2 Å². The number of phosphoric acid groups is 1. The zero-order chi connectivity index (χ0) is 39.4. The van der Waals surface area contributed by atoms with Gasteiger partial charge in [-0.15, -0.1) is 0 Å². The first-order chi connectivity index (χ1) is 25.4. The molecule has 3 atom stereocenters. The maximum Gasteiger partial charge on any atom is 0.469 e. The van der Waals surface area contributed by atoms with Crippen molar-refractivity contribution in [1.82, 2.24) is 29.0 Å². The molecule has 54 heavy (non-hydrogen) atoms. The molecule has 1 aliphatic carbocycles. The molecule has 302 valence electrons. The van der Waals surface area contributed by atoms with Gasteiger partial charge in [0.05, 0.1) is 35.4 Å². The molecule has 4 N–H and O–H groups in total. The van der Waals surface area contributed by atoms with E-state index in [0.29, 0.717) is 31.7 Å². The van der Waals surface area contributed by atoms with Crippen LogP contribution in [0, 0.1) is 25.6 Å². The second-order valence-electron chi connectivity index (χ2n) is 15.3. The first-order valence-electron chi connectivity index (χ1n) is 18.7. The first-order valence-corrected chi connectivity index (χ1v) is 21.8. The lowest BCUT2D eigenvalue weighted by atomic mass is 9.82. The lowest BCUT2D eigenvalue weighted by Crippen LogP contribution is -2.63. The van der Waals surface area contributed by atoms with Gasteiger partial charge in [-0.2, -0.15) is 0 Å². The van der Waals surface area contributed by atoms with Crippen molar-refractivity contribution in [3.8, 4) is 0 Å². The van der Waals surface area contributed by atoms with Crippen molar-refractivity contribution in [3.05, 3.63) is 58.9 Å². The SMILES string of the molecule is Cc1ncnc(C)c1C(=O)N1CCC(C)(N2CCN([C@H](c3cccc(F)c3)C3CCN(S(=O)(=O)C4CC4)CC3)[C@H](C)C2)CC1.O=P(O)(O)OCC(O)CO. The number of amides is 1. The number of aromatic nitrogens is 2. The Morgan fingerprint density at radius 1 is 1.04 bits per heavy atom. The zero-order valence-corrected chi connectivity index (χ0v) is 33.3. The van der Waals surface area contributed by atoms with Crippen LogP contribution in [0.4, 0.5) is 4.39 Å². The van der Waals surface area contributed by atoms with Crippen molar-refractivity contribution < 1.29 is 46.7 Å². The summed E-state index contributed by atoms with van der Waals surface area (Å²) >= 11 is 0. The zero-order valence-electron chi connectivity index (χ0n) is 31.6. The average molecular weight is 799 g/mol. The van der Waals surface area contributed by atoms with Crippen LogP contribution in [0.25, 0.3) is 0 Å². The highest BCUT2D eigenvalue weighted by atomic mass is 32.2. The molecule has 4 heterocycles. The standard InChI is InChI=1S/C33H47FN6O3S.C3H9O6P/c1-23-21-38(33(4)12-16-37(17-13-33)32(41)30-24(2)35-22-36-25(30)3)18-19-40(23)31(27-6-5-7-28(34)20-27)26-10-14-39(15-11-26)44(42,43)29-8-9-29;4-1-3(5)2-9-10(6,7)8/h5-7,20,22-23,26,29,31H,8-19,21H2,1-4H3;3-5H,1-2H2,(H2,6,7,8)/t23-,31+;/m1./s1. The Morgan fingerprint density at radius 2 is 1.67 bits per heavy atom. The number of piperazine rings is 1. The van der Waals surface area contributed by atoms with Crippen molar-refractivity contribution in [2.45, 2.75) is 95.2 Å². The van der Waals surface area contributed by atoms with Crippen molar-refractivity contribution in [2.75, 3.05) is 59.0 Å². The fourth-order valence-corrected chi connectivity index (χ4v) is 10.4. The van der Waals surface area contributed by atoms with Gasteiger partial charge in [-0.25, -0.2) is 31.6 Å². The van der Waals surface area contributed by atoms with E-state index in [4.69, 9.17) is 20.0 Å². The summed E-state index contributed by atoms with van der Waals surface area (Å²) in [7, 11) is -7.68. The summed E-state index contributed by atoms with van der Waals surface area (Å²) in [6.45, 7) is 12.3. The van der Waals surface area contributed by atoms with E-state index >= 15 is 0 Å². The second-order valence-corrected chi connectivity index (χ2v) is 18.8. The van der Waals surface area contributed by atoms with Crippen molar-refractivity contribution in [2.24, 2.45) is 5.92 Å². The Hall–Kier alpha value is -2.44. The normalized spacial score (nSPS) is 23.4. The number of aryl methyl sites for hydroxylation is 2. The van der Waals surface area contributed by atoms with E-state index in [1.165, 1.54) is 12.4 Å². The molecule has 4 fully saturated rings. The highest BCUT2D eigenvalue weighted by Gasteiger charge is 2.45. The smallest absolute Gasteiger partial charge is 0.394 e. The molecular weight excluding hydrogens is 742 g/mol. The third kappa shape index (κ3) is 10.5. The van der Waals surface area contributed by atoms with Crippen molar-refractivity contribution >= 4 is 23.8 Å². The molecule has 1 aromatic heterocycles. The topological polar surface area (TPSA) is 197 Å². The maximum atomic E-state index is 14.5. The average Bonchev–Trinajstić information content (AvgIpc) is 3.99. The van der Waals surface area contributed by atoms with E-state index in [9.17, 15) is 22.2 Å². The van der Waals surface area contributed by atoms with Gasteiger partial charge in [0.1, 0.15) is 18.2 Å². The molecule has 0 spiro atoms. The highest BCUT2D eigenvalue weighted by Crippen LogP contribution is 2.41. The molecule has 18 heteroatoms. The van der Waals surface area contributed by atoms with Crippen LogP contribution in [-0.2, 0) is 19.1 Å². The van der Waals surface area contributed by atoms with Crippen molar-refractivity contribution in [3.63, 3.8) is 0 Å². The minimum Gasteiger partial charge on any atom is -0.394 e. The number of nitrogens with zero attached hydrogens (tertiary/aromatic N) is 6. The number of piperidine rings is 2. The summed E-state index contributed by atoms with van der Waals surface area (Å²) in [5, 5.41) is 16.5. The predicted molar refractivity (Wildman–Crippen MR) is 199 cm³/mol. The number of aliphatic hydroxyl groups excluding tert-OH is 2. The molecule has 1 saturated carbocycles. The number of sulfonamides is 1. The minimum absolute atomic E-state index is 0.00866. The van der Waals surface area contributed by atoms with E-state index in [-0.39, 0.29) is 40.5 Å². The Morgan fingerprint density at radius 3 is 2.20 bits per heavy atom. The van der Waals surface area contributed by atoms with Crippen LogP contribution in [0.3, 0.4) is 0 Å². The quantitative estimate of drug-likeness (QED) is 0.243. The molecule has 6 rings (SSSR count). The molecular formula is C36H56FN6O9PS. The number of benzene rings is 1. The number of halogens is 1. The van der Waals surface area contributed by atoms with Gasteiger partial charge in [-0.1, -0.05) is 12.1 Å². The number of carbonyl (C=O) groups excluding carboxylic acids is 1. The van der Waals surface area contributed by atoms with E-state index in [1.54, 1.807) is 16.4 Å². The molecule has 0 radical (unpaired) electrons. The van der Waals surface area contributed by atoms with E-state index in [1.807, 2.05) is 24.8 Å². The summed E-state index contributed by atoms with van der Waals surface area (Å²) in [4.78, 5) is 45.1. The fraction of sp³-hybridized carbons (Fsp3) is 0.694. The van der Waals surface area contributed by atoms with Gasteiger partial charge in [0.25, 0.3) is 5.91 Å². The van der Waals surface area contributed by atoms with Gasteiger partial charge in [-0.3, -0.25) is 19.1 Å². The molecule has 1 aromatic carbocycles. The summed E-state index contributed by atoms with van der Waals surface area (Å²) < 4.78 is 55.8. The Labute approximate surface area is 317 Å².